The van der Waals surface area contributed by atoms with Gasteiger partial charge in [-0.15, -0.1) is 0 Å². The average molecular weight is 1510 g/mol. The predicted molar refractivity (Wildman–Crippen MR) is 423 cm³/mol. The molecule has 0 aliphatic rings. The first-order chi connectivity index (χ1) is 49.9. The Hall–Kier alpha value is -1.94. The zero-order chi connectivity index (χ0) is 75.6. The maximum atomic E-state index is 13.1. The van der Waals surface area contributed by atoms with Gasteiger partial charge in [0.25, 0.3) is 0 Å². The third kappa shape index (κ3) is 76.6. The van der Waals surface area contributed by atoms with Gasteiger partial charge in [-0.2, -0.15) is 0 Å². The first-order valence-corrected chi connectivity index (χ1v) is 46.5. The molecular weight excluding hydrogens is 1340 g/mol. The smallest absolute Gasteiger partial charge is 0.462 e. The first-order valence-electron chi connectivity index (χ1n) is 43.5. The summed E-state index contributed by atoms with van der Waals surface area (Å²) in [4.78, 5) is 73.2. The molecule has 0 fully saturated rings. The minimum absolute atomic E-state index is 0.107. The van der Waals surface area contributed by atoms with Crippen LogP contribution in [0.25, 0.3) is 0 Å². The third-order valence-electron chi connectivity index (χ3n) is 20.1. The summed E-state index contributed by atoms with van der Waals surface area (Å²) in [6.45, 7) is 9.72. The highest BCUT2D eigenvalue weighted by atomic mass is 31.2. The number of ether oxygens (including phenoxy) is 4. The van der Waals surface area contributed by atoms with Gasteiger partial charge in [0.2, 0.25) is 0 Å². The molecule has 0 radical (unpaired) electrons. The number of aliphatic hydroxyl groups excluding tert-OH is 1. The van der Waals surface area contributed by atoms with Crippen LogP contribution in [0.15, 0.2) is 0 Å². The fourth-order valence-electron chi connectivity index (χ4n) is 13.0. The van der Waals surface area contributed by atoms with E-state index >= 15 is 0 Å². The fourth-order valence-corrected chi connectivity index (χ4v) is 14.6. The molecule has 0 aliphatic heterocycles. The molecule has 0 aromatic rings. The Bertz CT molecular complexity index is 1980. The van der Waals surface area contributed by atoms with Crippen LogP contribution in [-0.2, 0) is 65.4 Å². The molecule has 3 unspecified atom stereocenters. The Labute approximate surface area is 632 Å². The zero-order valence-electron chi connectivity index (χ0n) is 67.6. The van der Waals surface area contributed by atoms with E-state index in [1.165, 1.54) is 263 Å². The van der Waals surface area contributed by atoms with Crippen molar-refractivity contribution in [2.75, 3.05) is 39.6 Å². The summed E-state index contributed by atoms with van der Waals surface area (Å²) < 4.78 is 68.9. The van der Waals surface area contributed by atoms with Crippen molar-refractivity contribution >= 4 is 39.5 Å². The highest BCUT2D eigenvalue weighted by molar-refractivity contribution is 7.47. The molecule has 6 atom stereocenters. The Kier molecular flexibility index (Phi) is 74.1. The molecule has 0 aromatic carbocycles. The van der Waals surface area contributed by atoms with Crippen LogP contribution in [-0.4, -0.2) is 96.7 Å². The molecule has 0 aliphatic carbocycles. The van der Waals surface area contributed by atoms with Gasteiger partial charge in [-0.1, -0.05) is 395 Å². The van der Waals surface area contributed by atoms with Crippen LogP contribution in [0.5, 0.6) is 0 Å². The summed E-state index contributed by atoms with van der Waals surface area (Å²) in [6, 6.07) is 0. The second-order valence-electron chi connectivity index (χ2n) is 30.9. The maximum absolute atomic E-state index is 13.1. The number of carbonyl (C=O) groups is 4. The van der Waals surface area contributed by atoms with E-state index in [0.717, 1.165) is 102 Å². The van der Waals surface area contributed by atoms with Crippen molar-refractivity contribution in [2.24, 2.45) is 11.8 Å². The van der Waals surface area contributed by atoms with E-state index in [4.69, 9.17) is 37.0 Å². The minimum Gasteiger partial charge on any atom is -0.462 e. The lowest BCUT2D eigenvalue weighted by Crippen LogP contribution is -2.30. The summed E-state index contributed by atoms with van der Waals surface area (Å²) in [5.74, 6) is -0.487. The van der Waals surface area contributed by atoms with Gasteiger partial charge in [0.15, 0.2) is 12.2 Å². The van der Waals surface area contributed by atoms with Crippen molar-refractivity contribution in [2.45, 2.75) is 464 Å². The lowest BCUT2D eigenvalue weighted by molar-refractivity contribution is -0.161. The minimum atomic E-state index is -4.96. The van der Waals surface area contributed by atoms with Gasteiger partial charge in [0, 0.05) is 25.7 Å². The van der Waals surface area contributed by atoms with Crippen LogP contribution in [0.4, 0.5) is 0 Å². The van der Waals surface area contributed by atoms with E-state index < -0.39 is 97.5 Å². The Morgan fingerprint density at radius 3 is 0.738 bits per heavy atom. The number of rotatable bonds is 83. The monoisotopic (exact) mass is 1510 g/mol. The van der Waals surface area contributed by atoms with Crippen LogP contribution >= 0.6 is 15.6 Å². The number of phosphoric ester groups is 2. The van der Waals surface area contributed by atoms with Crippen molar-refractivity contribution in [1.82, 2.24) is 0 Å². The highest BCUT2D eigenvalue weighted by Gasteiger charge is 2.30. The molecule has 17 nitrogen and oxygen atoms in total. The van der Waals surface area contributed by atoms with E-state index in [0.29, 0.717) is 25.7 Å². The van der Waals surface area contributed by atoms with Crippen molar-refractivity contribution in [3.05, 3.63) is 0 Å². The van der Waals surface area contributed by atoms with Crippen molar-refractivity contribution < 1.29 is 80.2 Å². The molecule has 19 heteroatoms. The van der Waals surface area contributed by atoms with Gasteiger partial charge in [-0.3, -0.25) is 37.3 Å². The van der Waals surface area contributed by atoms with Crippen molar-refractivity contribution in [1.29, 1.82) is 0 Å². The summed E-state index contributed by atoms with van der Waals surface area (Å²) in [5, 5.41) is 10.7. The lowest BCUT2D eigenvalue weighted by atomic mass is 9.99. The van der Waals surface area contributed by atoms with E-state index in [-0.39, 0.29) is 25.7 Å². The molecule has 0 saturated heterocycles. The van der Waals surface area contributed by atoms with Crippen LogP contribution in [0.2, 0.25) is 0 Å². The van der Waals surface area contributed by atoms with Gasteiger partial charge in [-0.25, -0.2) is 9.13 Å². The van der Waals surface area contributed by atoms with Gasteiger partial charge in [-0.05, 0) is 37.5 Å². The molecule has 103 heavy (non-hydrogen) atoms. The maximum Gasteiger partial charge on any atom is 0.472 e. The summed E-state index contributed by atoms with van der Waals surface area (Å²) in [6.07, 6.45) is 66.5. The van der Waals surface area contributed by atoms with Crippen LogP contribution in [0.1, 0.15) is 446 Å². The molecule has 0 saturated carbocycles. The number of hydrogen-bond donors (Lipinski definition) is 3. The molecular formula is C84H164O17P2. The molecule has 0 bridgehead atoms. The SMILES string of the molecule is CCCCCCCCCCCCCCCCCCCCCC(=O)O[C@H](COC(=O)CCCCCCCCCCCCCCCCC(C)CC)COP(=O)(O)OC[C@@H](O)COP(=O)(O)OC[C@@H](COC(=O)CCCCCCCCCCCCCC)OC(=O)CCCCCCCCCCCCCC(C)C. The first kappa shape index (κ1) is 101. The molecule has 612 valence electrons. The number of phosphoric acid groups is 2. The van der Waals surface area contributed by atoms with Crippen LogP contribution < -0.4 is 0 Å². The van der Waals surface area contributed by atoms with Crippen molar-refractivity contribution in [3.63, 3.8) is 0 Å². The van der Waals surface area contributed by atoms with Gasteiger partial charge in [0.05, 0.1) is 26.4 Å². The van der Waals surface area contributed by atoms with Crippen LogP contribution in [0.3, 0.4) is 0 Å². The molecule has 0 rings (SSSR count). The standard InChI is InChI=1S/C84H164O17P2/c1-7-10-12-14-16-18-20-22-23-24-25-26-27-32-38-44-50-56-62-68-83(88)100-79(73-95-82(87)67-61-55-49-43-37-31-29-28-30-35-41-47-53-59-65-77(6)9-3)74-98-102(90,91)96-70-78(85)71-97-103(92,93)99-75-80(72-94-81(86)66-60-54-48-42-36-21-19-17-15-13-11-8-2)101-84(89)69-63-57-51-45-39-33-34-40-46-52-58-64-76(4)5/h76-80,85H,7-75H2,1-6H3,(H,90,91)(H,92,93)/t77?,78-,79-,80-/m1/s1. The fraction of sp³-hybridized carbons (Fsp3) is 0.952. The molecule has 0 heterocycles. The second-order valence-corrected chi connectivity index (χ2v) is 33.8. The average Bonchev–Trinajstić information content (AvgIpc) is 0.935. The van der Waals surface area contributed by atoms with E-state index in [9.17, 15) is 43.2 Å². The number of unbranched alkanes of at least 4 members (excludes halogenated alkanes) is 52. The lowest BCUT2D eigenvalue weighted by Gasteiger charge is -2.21. The summed E-state index contributed by atoms with van der Waals surface area (Å²) in [7, 11) is -9.93. The van der Waals surface area contributed by atoms with Crippen LogP contribution in [0, 0.1) is 11.8 Å². The zero-order valence-corrected chi connectivity index (χ0v) is 69.4. The van der Waals surface area contributed by atoms with Gasteiger partial charge < -0.3 is 33.8 Å². The number of hydrogen-bond acceptors (Lipinski definition) is 15. The second kappa shape index (κ2) is 75.5. The number of carbonyl (C=O) groups excluding carboxylic acids is 4. The topological polar surface area (TPSA) is 237 Å². The third-order valence-corrected chi connectivity index (χ3v) is 22.0. The summed E-state index contributed by atoms with van der Waals surface area (Å²) >= 11 is 0. The quantitative estimate of drug-likeness (QED) is 0.0222. The Morgan fingerprint density at radius 1 is 0.282 bits per heavy atom. The number of aliphatic hydroxyl groups is 1. The molecule has 0 spiro atoms. The Balaban J connectivity index is 5.26. The van der Waals surface area contributed by atoms with Gasteiger partial charge in [0.1, 0.15) is 19.3 Å². The molecule has 0 aromatic heterocycles. The Morgan fingerprint density at radius 2 is 0.495 bits per heavy atom. The van der Waals surface area contributed by atoms with E-state index in [1.54, 1.807) is 0 Å². The summed E-state index contributed by atoms with van der Waals surface area (Å²) in [5.41, 5.74) is 0. The van der Waals surface area contributed by atoms with E-state index in [2.05, 4.69) is 41.5 Å². The molecule has 0 amide bonds. The molecule has 3 N–H and O–H groups in total. The highest BCUT2D eigenvalue weighted by Crippen LogP contribution is 2.45. The van der Waals surface area contributed by atoms with Crippen molar-refractivity contribution in [3.8, 4) is 0 Å². The largest absolute Gasteiger partial charge is 0.472 e. The normalized spacial score (nSPS) is 14.1. The van der Waals surface area contributed by atoms with E-state index in [1.807, 2.05) is 0 Å². The predicted octanol–water partition coefficient (Wildman–Crippen LogP) is 25.5. The number of esters is 4. The van der Waals surface area contributed by atoms with Gasteiger partial charge >= 0.3 is 39.5 Å².